The van der Waals surface area contributed by atoms with Gasteiger partial charge in [0.2, 0.25) is 0 Å². The van der Waals surface area contributed by atoms with E-state index in [0.717, 1.165) is 11.3 Å². The van der Waals surface area contributed by atoms with Gasteiger partial charge in [-0.25, -0.2) is 4.79 Å². The summed E-state index contributed by atoms with van der Waals surface area (Å²) in [6, 6.07) is 3.69. The zero-order valence-corrected chi connectivity index (χ0v) is 8.47. The van der Waals surface area contributed by atoms with Crippen molar-refractivity contribution in [2.75, 3.05) is 0 Å². The van der Waals surface area contributed by atoms with Crippen LogP contribution in [0.2, 0.25) is 0 Å². The molecule has 0 aliphatic heterocycles. The molecule has 1 aliphatic carbocycles. The largest absolute Gasteiger partial charge is 0.479 e. The zero-order chi connectivity index (χ0) is 11.1. The number of rotatable bonds is 3. The Hall–Kier alpha value is -1.42. The average Bonchev–Trinajstić information content (AvgIpc) is 2.98. The maximum atomic E-state index is 10.8. The summed E-state index contributed by atoms with van der Waals surface area (Å²) in [5.41, 5.74) is 1.02. The van der Waals surface area contributed by atoms with Crippen LogP contribution in [0.15, 0.2) is 18.3 Å². The van der Waals surface area contributed by atoms with Crippen LogP contribution in [-0.2, 0) is 10.2 Å². The van der Waals surface area contributed by atoms with Crippen molar-refractivity contribution in [3.05, 3.63) is 29.6 Å². The molecule has 4 nitrogen and oxygen atoms in total. The van der Waals surface area contributed by atoms with E-state index in [1.165, 1.54) is 0 Å². The molecule has 0 spiro atoms. The Morgan fingerprint density at radius 2 is 2.27 bits per heavy atom. The van der Waals surface area contributed by atoms with E-state index in [4.69, 9.17) is 5.11 Å². The van der Waals surface area contributed by atoms with E-state index < -0.39 is 17.5 Å². The van der Waals surface area contributed by atoms with Gasteiger partial charge in [-0.3, -0.25) is 4.98 Å². The van der Waals surface area contributed by atoms with Crippen LogP contribution in [0.1, 0.15) is 24.1 Å². The molecule has 15 heavy (non-hydrogen) atoms. The Kier molecular flexibility index (Phi) is 2.23. The van der Waals surface area contributed by atoms with Crippen molar-refractivity contribution in [3.63, 3.8) is 0 Å². The normalized spacial score (nSPS) is 19.6. The summed E-state index contributed by atoms with van der Waals surface area (Å²) in [7, 11) is 0. The highest BCUT2D eigenvalue weighted by Gasteiger charge is 2.55. The molecule has 2 rings (SSSR count). The standard InChI is InChI=1S/C11H13NO3/c1-7-3-2-6-12-8(7)11(4-5-11)9(13)10(14)15/h2-3,6,9,13H,4-5H2,1H3,(H,14,15). The molecule has 1 aromatic rings. The molecule has 1 heterocycles. The van der Waals surface area contributed by atoms with Crippen molar-refractivity contribution in [1.82, 2.24) is 4.98 Å². The van der Waals surface area contributed by atoms with Gasteiger partial charge in [-0.1, -0.05) is 6.07 Å². The predicted molar refractivity (Wildman–Crippen MR) is 53.5 cm³/mol. The molecular formula is C11H13NO3. The Bertz CT molecular complexity index is 399. The van der Waals surface area contributed by atoms with Crippen molar-refractivity contribution >= 4 is 5.97 Å². The third-order valence-electron chi connectivity index (χ3n) is 3.03. The van der Waals surface area contributed by atoms with Gasteiger partial charge in [0.15, 0.2) is 6.10 Å². The Balaban J connectivity index is 2.39. The lowest BCUT2D eigenvalue weighted by molar-refractivity contribution is -0.148. The second-order valence-corrected chi connectivity index (χ2v) is 4.07. The van der Waals surface area contributed by atoms with E-state index in [2.05, 4.69) is 4.98 Å². The SMILES string of the molecule is Cc1cccnc1C1(C(O)C(=O)O)CC1. The number of carboxylic acids is 1. The number of aryl methyl sites for hydroxylation is 1. The molecule has 2 N–H and O–H groups in total. The van der Waals surface area contributed by atoms with E-state index in [1.807, 2.05) is 19.1 Å². The molecular weight excluding hydrogens is 194 g/mol. The van der Waals surface area contributed by atoms with Gasteiger partial charge in [0.05, 0.1) is 5.69 Å². The lowest BCUT2D eigenvalue weighted by atomic mass is 9.91. The Morgan fingerprint density at radius 1 is 1.60 bits per heavy atom. The summed E-state index contributed by atoms with van der Waals surface area (Å²) in [6.45, 7) is 1.89. The van der Waals surface area contributed by atoms with Crippen molar-refractivity contribution < 1.29 is 15.0 Å². The third-order valence-corrected chi connectivity index (χ3v) is 3.03. The van der Waals surface area contributed by atoms with Crippen LogP contribution in [-0.4, -0.2) is 27.3 Å². The molecule has 1 aromatic heterocycles. The number of carboxylic acid groups (broad SMARTS) is 1. The summed E-state index contributed by atoms with van der Waals surface area (Å²) in [6.07, 6.45) is 1.68. The predicted octanol–water partition coefficient (Wildman–Crippen LogP) is 0.867. The summed E-state index contributed by atoms with van der Waals surface area (Å²) < 4.78 is 0. The quantitative estimate of drug-likeness (QED) is 0.771. The molecule has 1 unspecified atom stereocenters. The number of hydrogen-bond acceptors (Lipinski definition) is 3. The Labute approximate surface area is 87.6 Å². The van der Waals surface area contributed by atoms with Gasteiger partial charge in [0.1, 0.15) is 0 Å². The number of aromatic nitrogens is 1. The fourth-order valence-corrected chi connectivity index (χ4v) is 2.02. The first kappa shape index (κ1) is 10.1. The maximum absolute atomic E-state index is 10.8. The lowest BCUT2D eigenvalue weighted by Gasteiger charge is -2.19. The van der Waals surface area contributed by atoms with Crippen molar-refractivity contribution in [2.24, 2.45) is 0 Å². The number of nitrogens with zero attached hydrogens (tertiary/aromatic N) is 1. The maximum Gasteiger partial charge on any atom is 0.333 e. The van der Waals surface area contributed by atoms with E-state index in [1.54, 1.807) is 6.20 Å². The average molecular weight is 207 g/mol. The first-order chi connectivity index (χ1) is 7.08. The molecule has 0 radical (unpaired) electrons. The van der Waals surface area contributed by atoms with E-state index in [9.17, 15) is 9.90 Å². The summed E-state index contributed by atoms with van der Waals surface area (Å²) in [4.78, 5) is 15.0. The van der Waals surface area contributed by atoms with Crippen LogP contribution >= 0.6 is 0 Å². The summed E-state index contributed by atoms with van der Waals surface area (Å²) in [5, 5.41) is 18.5. The number of pyridine rings is 1. The fourth-order valence-electron chi connectivity index (χ4n) is 2.02. The zero-order valence-electron chi connectivity index (χ0n) is 8.47. The molecule has 0 aromatic carbocycles. The van der Waals surface area contributed by atoms with Crippen molar-refractivity contribution in [2.45, 2.75) is 31.3 Å². The van der Waals surface area contributed by atoms with Crippen LogP contribution in [0, 0.1) is 6.92 Å². The van der Waals surface area contributed by atoms with Gasteiger partial charge in [0, 0.05) is 11.6 Å². The number of aliphatic hydroxyl groups is 1. The van der Waals surface area contributed by atoms with Crippen LogP contribution in [0.4, 0.5) is 0 Å². The van der Waals surface area contributed by atoms with Gasteiger partial charge in [-0.05, 0) is 31.4 Å². The van der Waals surface area contributed by atoms with Crippen molar-refractivity contribution in [3.8, 4) is 0 Å². The van der Waals surface area contributed by atoms with Gasteiger partial charge >= 0.3 is 5.97 Å². The fraction of sp³-hybridized carbons (Fsp3) is 0.455. The molecule has 1 saturated carbocycles. The first-order valence-corrected chi connectivity index (χ1v) is 4.91. The van der Waals surface area contributed by atoms with Crippen molar-refractivity contribution in [1.29, 1.82) is 0 Å². The minimum absolute atomic E-state index is 0.642. The molecule has 0 saturated heterocycles. The number of hydrogen-bond donors (Lipinski definition) is 2. The topological polar surface area (TPSA) is 70.4 Å². The Morgan fingerprint density at radius 3 is 2.73 bits per heavy atom. The summed E-state index contributed by atoms with van der Waals surface area (Å²) in [5.74, 6) is -1.17. The van der Waals surface area contributed by atoms with Gasteiger partial charge < -0.3 is 10.2 Å². The number of aliphatic hydroxyl groups excluding tert-OH is 1. The first-order valence-electron chi connectivity index (χ1n) is 4.91. The molecule has 0 amide bonds. The second-order valence-electron chi connectivity index (χ2n) is 4.07. The van der Waals surface area contributed by atoms with E-state index in [-0.39, 0.29) is 0 Å². The number of aliphatic carboxylic acids is 1. The lowest BCUT2D eigenvalue weighted by Crippen LogP contribution is -2.35. The second kappa shape index (κ2) is 3.31. The van der Waals surface area contributed by atoms with Crippen LogP contribution in [0.3, 0.4) is 0 Å². The van der Waals surface area contributed by atoms with Crippen LogP contribution < -0.4 is 0 Å². The highest BCUT2D eigenvalue weighted by molar-refractivity contribution is 5.75. The minimum atomic E-state index is -1.34. The monoisotopic (exact) mass is 207 g/mol. The smallest absolute Gasteiger partial charge is 0.333 e. The number of carbonyl (C=O) groups is 1. The molecule has 1 aliphatic rings. The molecule has 1 atom stereocenters. The minimum Gasteiger partial charge on any atom is -0.479 e. The van der Waals surface area contributed by atoms with Gasteiger partial charge in [-0.15, -0.1) is 0 Å². The van der Waals surface area contributed by atoms with Crippen LogP contribution in [0.5, 0.6) is 0 Å². The third kappa shape index (κ3) is 1.51. The molecule has 1 fully saturated rings. The van der Waals surface area contributed by atoms with Crippen LogP contribution in [0.25, 0.3) is 0 Å². The van der Waals surface area contributed by atoms with Gasteiger partial charge in [-0.2, -0.15) is 0 Å². The summed E-state index contributed by atoms with van der Waals surface area (Å²) >= 11 is 0. The van der Waals surface area contributed by atoms with Gasteiger partial charge in [0.25, 0.3) is 0 Å². The molecule has 0 bridgehead atoms. The highest BCUT2D eigenvalue weighted by atomic mass is 16.4. The van der Waals surface area contributed by atoms with E-state index >= 15 is 0 Å². The molecule has 4 heteroatoms. The van der Waals surface area contributed by atoms with E-state index in [0.29, 0.717) is 12.8 Å². The highest BCUT2D eigenvalue weighted by Crippen LogP contribution is 2.51. The molecule has 80 valence electrons.